The lowest BCUT2D eigenvalue weighted by molar-refractivity contribution is 0.420. The van der Waals surface area contributed by atoms with E-state index >= 15 is 0 Å². The van der Waals surface area contributed by atoms with E-state index in [9.17, 15) is 5.11 Å². The maximum atomic E-state index is 9.84. The van der Waals surface area contributed by atoms with E-state index in [1.54, 1.807) is 7.05 Å². The standard InChI is InChI=1S/C12H14N2O/c1-8-4-6-10(7-5-8)11-9(2)13-14(3)12(11)15/h4-7,15H,1-3H3. The molecule has 1 aromatic carbocycles. The highest BCUT2D eigenvalue weighted by atomic mass is 16.3. The molecule has 1 N–H and O–H groups in total. The summed E-state index contributed by atoms with van der Waals surface area (Å²) in [5.74, 6) is 0.219. The lowest BCUT2D eigenvalue weighted by atomic mass is 10.1. The van der Waals surface area contributed by atoms with Crippen LogP contribution in [0.2, 0.25) is 0 Å². The molecule has 15 heavy (non-hydrogen) atoms. The highest BCUT2D eigenvalue weighted by Gasteiger charge is 2.13. The van der Waals surface area contributed by atoms with Gasteiger partial charge in [-0.25, -0.2) is 4.68 Å². The summed E-state index contributed by atoms with van der Waals surface area (Å²) in [4.78, 5) is 0. The first-order valence-electron chi connectivity index (χ1n) is 4.89. The number of aromatic hydroxyl groups is 1. The quantitative estimate of drug-likeness (QED) is 0.771. The van der Waals surface area contributed by atoms with Crippen LogP contribution in [0, 0.1) is 13.8 Å². The predicted molar refractivity (Wildman–Crippen MR) is 59.8 cm³/mol. The summed E-state index contributed by atoms with van der Waals surface area (Å²) in [6.07, 6.45) is 0. The minimum Gasteiger partial charge on any atom is -0.493 e. The summed E-state index contributed by atoms with van der Waals surface area (Å²) in [6.45, 7) is 3.94. The molecule has 1 heterocycles. The summed E-state index contributed by atoms with van der Waals surface area (Å²) < 4.78 is 1.49. The molecule has 0 saturated heterocycles. The molecule has 1 aromatic heterocycles. The second-order valence-electron chi connectivity index (χ2n) is 3.77. The smallest absolute Gasteiger partial charge is 0.217 e. The Morgan fingerprint density at radius 1 is 1.13 bits per heavy atom. The van der Waals surface area contributed by atoms with Crippen molar-refractivity contribution in [3.05, 3.63) is 35.5 Å². The number of nitrogens with zero attached hydrogens (tertiary/aromatic N) is 2. The molecule has 0 atom stereocenters. The Labute approximate surface area is 89.0 Å². The Morgan fingerprint density at radius 2 is 1.73 bits per heavy atom. The molecule has 3 heteroatoms. The van der Waals surface area contributed by atoms with E-state index in [0.717, 1.165) is 16.8 Å². The second kappa shape index (κ2) is 3.42. The van der Waals surface area contributed by atoms with Crippen LogP contribution in [-0.2, 0) is 7.05 Å². The number of hydrogen-bond donors (Lipinski definition) is 1. The van der Waals surface area contributed by atoms with Crippen molar-refractivity contribution >= 4 is 0 Å². The Hall–Kier alpha value is -1.77. The number of aromatic nitrogens is 2. The number of benzene rings is 1. The molecule has 0 spiro atoms. The number of aryl methyl sites for hydroxylation is 3. The molecule has 0 radical (unpaired) electrons. The van der Waals surface area contributed by atoms with Gasteiger partial charge in [-0.05, 0) is 19.4 Å². The zero-order valence-corrected chi connectivity index (χ0v) is 9.15. The van der Waals surface area contributed by atoms with Crippen molar-refractivity contribution in [1.29, 1.82) is 0 Å². The van der Waals surface area contributed by atoms with Crippen molar-refractivity contribution in [1.82, 2.24) is 9.78 Å². The minimum atomic E-state index is 0.219. The number of rotatable bonds is 1. The minimum absolute atomic E-state index is 0.219. The molecule has 0 aliphatic heterocycles. The van der Waals surface area contributed by atoms with E-state index in [0.29, 0.717) is 0 Å². The Bertz CT molecular complexity index is 483. The monoisotopic (exact) mass is 202 g/mol. The highest BCUT2D eigenvalue weighted by Crippen LogP contribution is 2.31. The van der Waals surface area contributed by atoms with Crippen LogP contribution in [0.4, 0.5) is 0 Å². The fraction of sp³-hybridized carbons (Fsp3) is 0.250. The molecule has 2 aromatic rings. The van der Waals surface area contributed by atoms with Gasteiger partial charge in [-0.1, -0.05) is 29.8 Å². The lowest BCUT2D eigenvalue weighted by Gasteiger charge is -2.01. The lowest BCUT2D eigenvalue weighted by Crippen LogP contribution is -1.88. The topological polar surface area (TPSA) is 38.0 Å². The van der Waals surface area contributed by atoms with E-state index < -0.39 is 0 Å². The van der Waals surface area contributed by atoms with Crippen LogP contribution in [0.25, 0.3) is 11.1 Å². The van der Waals surface area contributed by atoms with Crippen LogP contribution in [0.15, 0.2) is 24.3 Å². The van der Waals surface area contributed by atoms with Crippen LogP contribution in [0.5, 0.6) is 5.88 Å². The Balaban J connectivity index is 2.58. The molecule has 0 unspecified atom stereocenters. The van der Waals surface area contributed by atoms with Crippen molar-refractivity contribution in [3.8, 4) is 17.0 Å². The third kappa shape index (κ3) is 1.61. The maximum absolute atomic E-state index is 9.84. The zero-order chi connectivity index (χ0) is 11.0. The molecule has 0 aliphatic rings. The fourth-order valence-corrected chi connectivity index (χ4v) is 1.70. The SMILES string of the molecule is Cc1ccc(-c2c(C)nn(C)c2O)cc1. The molecule has 2 rings (SSSR count). The normalized spacial score (nSPS) is 10.6. The van der Waals surface area contributed by atoms with E-state index in [4.69, 9.17) is 0 Å². The van der Waals surface area contributed by atoms with Crippen molar-refractivity contribution < 1.29 is 5.11 Å². The first kappa shape index (κ1) is 9.77. The van der Waals surface area contributed by atoms with E-state index in [2.05, 4.69) is 5.10 Å². The maximum Gasteiger partial charge on any atom is 0.217 e. The van der Waals surface area contributed by atoms with Gasteiger partial charge >= 0.3 is 0 Å². The van der Waals surface area contributed by atoms with Gasteiger partial charge in [0.25, 0.3) is 0 Å². The third-order valence-electron chi connectivity index (χ3n) is 2.53. The molecule has 0 fully saturated rings. The first-order valence-corrected chi connectivity index (χ1v) is 4.89. The second-order valence-corrected chi connectivity index (χ2v) is 3.77. The van der Waals surface area contributed by atoms with Crippen molar-refractivity contribution in [2.24, 2.45) is 7.05 Å². The molecule has 0 aliphatic carbocycles. The van der Waals surface area contributed by atoms with E-state index in [-0.39, 0.29) is 5.88 Å². The van der Waals surface area contributed by atoms with Gasteiger partial charge in [0.05, 0.1) is 11.3 Å². The van der Waals surface area contributed by atoms with Crippen molar-refractivity contribution in [3.63, 3.8) is 0 Å². The summed E-state index contributed by atoms with van der Waals surface area (Å²) in [6, 6.07) is 8.06. The third-order valence-corrected chi connectivity index (χ3v) is 2.53. The van der Waals surface area contributed by atoms with Gasteiger partial charge in [-0.2, -0.15) is 5.10 Å². The van der Waals surface area contributed by atoms with Crippen LogP contribution < -0.4 is 0 Å². The Kier molecular flexibility index (Phi) is 2.23. The van der Waals surface area contributed by atoms with Gasteiger partial charge in [0, 0.05) is 7.05 Å². The molecular weight excluding hydrogens is 188 g/mol. The molecule has 0 amide bonds. The summed E-state index contributed by atoms with van der Waals surface area (Å²) in [7, 11) is 1.74. The number of hydrogen-bond acceptors (Lipinski definition) is 2. The van der Waals surface area contributed by atoms with Crippen LogP contribution in [-0.4, -0.2) is 14.9 Å². The van der Waals surface area contributed by atoms with Gasteiger partial charge < -0.3 is 5.11 Å². The largest absolute Gasteiger partial charge is 0.493 e. The van der Waals surface area contributed by atoms with E-state index in [1.165, 1.54) is 10.2 Å². The predicted octanol–water partition coefficient (Wildman–Crippen LogP) is 2.41. The molecule has 0 bridgehead atoms. The highest BCUT2D eigenvalue weighted by molar-refractivity contribution is 5.71. The zero-order valence-electron chi connectivity index (χ0n) is 9.15. The summed E-state index contributed by atoms with van der Waals surface area (Å²) in [5, 5.41) is 14.0. The first-order chi connectivity index (χ1) is 7.09. The summed E-state index contributed by atoms with van der Waals surface area (Å²) in [5.41, 5.74) is 3.87. The van der Waals surface area contributed by atoms with Crippen LogP contribution in [0.3, 0.4) is 0 Å². The van der Waals surface area contributed by atoms with Crippen LogP contribution >= 0.6 is 0 Å². The molecule has 78 valence electrons. The van der Waals surface area contributed by atoms with Gasteiger partial charge in [-0.3, -0.25) is 0 Å². The van der Waals surface area contributed by atoms with Gasteiger partial charge in [0.1, 0.15) is 0 Å². The average Bonchev–Trinajstić information content (AvgIpc) is 2.44. The van der Waals surface area contributed by atoms with Crippen molar-refractivity contribution in [2.45, 2.75) is 13.8 Å². The summed E-state index contributed by atoms with van der Waals surface area (Å²) >= 11 is 0. The van der Waals surface area contributed by atoms with Crippen molar-refractivity contribution in [2.75, 3.05) is 0 Å². The van der Waals surface area contributed by atoms with Crippen LogP contribution in [0.1, 0.15) is 11.3 Å². The Morgan fingerprint density at radius 3 is 2.20 bits per heavy atom. The molecule has 3 nitrogen and oxygen atoms in total. The van der Waals surface area contributed by atoms with Gasteiger partial charge in [-0.15, -0.1) is 0 Å². The average molecular weight is 202 g/mol. The van der Waals surface area contributed by atoms with Gasteiger partial charge in [0.2, 0.25) is 5.88 Å². The molecule has 0 saturated carbocycles. The molecular formula is C12H14N2O. The van der Waals surface area contributed by atoms with E-state index in [1.807, 2.05) is 38.1 Å². The van der Waals surface area contributed by atoms with Gasteiger partial charge in [0.15, 0.2) is 0 Å². The fourth-order valence-electron chi connectivity index (χ4n) is 1.70.